The van der Waals surface area contributed by atoms with Gasteiger partial charge in [-0.05, 0) is 49.8 Å². The molecule has 0 fully saturated rings. The highest BCUT2D eigenvalue weighted by atomic mass is 16.5. The Labute approximate surface area is 233 Å². The third kappa shape index (κ3) is 14.0. The summed E-state index contributed by atoms with van der Waals surface area (Å²) in [6.45, 7) is 7.14. The minimum Gasteiger partial charge on any atom is -0.494 e. The first kappa shape index (κ1) is 31.9. The van der Waals surface area contributed by atoms with Crippen LogP contribution in [0.2, 0.25) is 0 Å². The van der Waals surface area contributed by atoms with Gasteiger partial charge >= 0.3 is 5.97 Å². The van der Waals surface area contributed by atoms with Gasteiger partial charge in [0.25, 0.3) is 0 Å². The zero-order valence-electron chi connectivity index (χ0n) is 24.8. The lowest BCUT2D eigenvalue weighted by Crippen LogP contribution is -2.44. The van der Waals surface area contributed by atoms with E-state index >= 15 is 0 Å². The highest BCUT2D eigenvalue weighted by Gasteiger charge is 2.27. The van der Waals surface area contributed by atoms with Crippen LogP contribution < -0.4 is 4.74 Å². The molecule has 0 amide bonds. The van der Waals surface area contributed by atoms with Crippen LogP contribution in [0.5, 0.6) is 5.75 Å². The summed E-state index contributed by atoms with van der Waals surface area (Å²) in [4.78, 5) is 12.7. The van der Waals surface area contributed by atoms with Crippen molar-refractivity contribution in [2.45, 2.75) is 97.4 Å². The number of carbonyl (C=O) groups excluding carboxylic acids is 1. The number of hydrogen-bond acceptors (Lipinski definition) is 3. The van der Waals surface area contributed by atoms with Crippen molar-refractivity contribution in [1.29, 1.82) is 0 Å². The molecule has 0 bridgehead atoms. The second-order valence-corrected chi connectivity index (χ2v) is 11.5. The molecule has 2 rings (SSSR count). The number of hydrogen-bond donors (Lipinski definition) is 0. The smallest absolute Gasteiger partial charge is 0.314 e. The summed E-state index contributed by atoms with van der Waals surface area (Å²) in [5.74, 6) is 0.778. The summed E-state index contributed by atoms with van der Waals surface area (Å²) in [6, 6.07) is 19.0. The molecule has 0 radical (unpaired) electrons. The van der Waals surface area contributed by atoms with Crippen LogP contribution in [0.1, 0.15) is 95.6 Å². The lowest BCUT2D eigenvalue weighted by atomic mass is 10.0. The van der Waals surface area contributed by atoms with Crippen LogP contribution in [0.25, 0.3) is 0 Å². The maximum absolute atomic E-state index is 12.7. The van der Waals surface area contributed by atoms with E-state index in [1.807, 2.05) is 6.07 Å². The van der Waals surface area contributed by atoms with Gasteiger partial charge in [0.05, 0.1) is 33.9 Å². The zero-order chi connectivity index (χ0) is 27.5. The lowest BCUT2D eigenvalue weighted by Gasteiger charge is -2.32. The van der Waals surface area contributed by atoms with Crippen molar-refractivity contribution in [1.82, 2.24) is 0 Å². The first-order valence-corrected chi connectivity index (χ1v) is 15.2. The average molecular weight is 525 g/mol. The zero-order valence-corrected chi connectivity index (χ0v) is 24.8. The van der Waals surface area contributed by atoms with Crippen molar-refractivity contribution in [2.75, 3.05) is 33.9 Å². The van der Waals surface area contributed by atoms with Crippen molar-refractivity contribution in [3.63, 3.8) is 0 Å². The molecule has 0 heterocycles. The van der Waals surface area contributed by atoms with Crippen molar-refractivity contribution in [3.8, 4) is 5.75 Å². The first-order valence-electron chi connectivity index (χ1n) is 15.2. The summed E-state index contributed by atoms with van der Waals surface area (Å²) < 4.78 is 12.3. The van der Waals surface area contributed by atoms with E-state index in [4.69, 9.17) is 9.47 Å². The normalized spacial score (nSPS) is 12.3. The van der Waals surface area contributed by atoms with Gasteiger partial charge < -0.3 is 14.0 Å². The number of carbonyl (C=O) groups is 1. The Balaban J connectivity index is 1.55. The van der Waals surface area contributed by atoms with Gasteiger partial charge in [-0.1, -0.05) is 101 Å². The fourth-order valence-corrected chi connectivity index (χ4v) is 5.01. The molecule has 38 heavy (non-hydrogen) atoms. The Morgan fingerprint density at radius 2 is 1.37 bits per heavy atom. The molecule has 212 valence electrons. The molecule has 0 aromatic heterocycles. The Hall–Kier alpha value is -2.33. The number of aryl methyl sites for hydroxylation is 1. The van der Waals surface area contributed by atoms with Gasteiger partial charge in [-0.3, -0.25) is 4.79 Å². The fraction of sp³-hybridized carbons (Fsp3) is 0.618. The molecule has 2 aromatic carbocycles. The molecule has 4 nitrogen and oxygen atoms in total. The monoisotopic (exact) mass is 524 g/mol. The van der Waals surface area contributed by atoms with Gasteiger partial charge in [-0.15, -0.1) is 0 Å². The van der Waals surface area contributed by atoms with Crippen molar-refractivity contribution >= 4 is 5.97 Å². The van der Waals surface area contributed by atoms with Crippen LogP contribution in [0, 0.1) is 5.92 Å². The minimum atomic E-state index is -0.0747. The van der Waals surface area contributed by atoms with Gasteiger partial charge in [-0.2, -0.15) is 0 Å². The Kier molecular flexibility index (Phi) is 15.8. The molecule has 1 atom stereocenters. The van der Waals surface area contributed by atoms with Crippen LogP contribution in [0.4, 0.5) is 0 Å². The predicted octanol–water partition coefficient (Wildman–Crippen LogP) is 8.37. The molecule has 2 aromatic rings. The summed E-state index contributed by atoms with van der Waals surface area (Å²) in [6.07, 6.45) is 14.5. The first-order chi connectivity index (χ1) is 18.4. The van der Waals surface area contributed by atoms with Gasteiger partial charge in [0, 0.05) is 5.56 Å². The third-order valence-corrected chi connectivity index (χ3v) is 7.29. The lowest BCUT2D eigenvalue weighted by molar-refractivity contribution is -0.906. The number of unbranched alkanes of at least 4 members (excludes halogenated alkanes) is 8. The molecule has 1 unspecified atom stereocenters. The van der Waals surface area contributed by atoms with E-state index in [2.05, 4.69) is 76.5 Å². The fourth-order valence-electron chi connectivity index (χ4n) is 5.01. The van der Waals surface area contributed by atoms with Crippen molar-refractivity contribution in [2.24, 2.45) is 5.92 Å². The predicted molar refractivity (Wildman–Crippen MR) is 159 cm³/mol. The van der Waals surface area contributed by atoms with E-state index in [-0.39, 0.29) is 11.9 Å². The number of benzene rings is 2. The largest absolute Gasteiger partial charge is 0.494 e. The molecule has 0 saturated carbocycles. The molecular weight excluding hydrogens is 470 g/mol. The highest BCUT2D eigenvalue weighted by Crippen LogP contribution is 2.18. The average Bonchev–Trinajstić information content (AvgIpc) is 2.91. The van der Waals surface area contributed by atoms with Crippen molar-refractivity contribution < 1.29 is 18.8 Å². The molecule has 0 saturated heterocycles. The van der Waals surface area contributed by atoms with E-state index in [1.165, 1.54) is 62.5 Å². The van der Waals surface area contributed by atoms with E-state index in [9.17, 15) is 4.79 Å². The topological polar surface area (TPSA) is 35.5 Å². The van der Waals surface area contributed by atoms with Gasteiger partial charge in [0.1, 0.15) is 18.2 Å². The molecule has 0 spiro atoms. The second-order valence-electron chi connectivity index (χ2n) is 11.5. The number of quaternary nitrogens is 1. The van der Waals surface area contributed by atoms with Crippen LogP contribution >= 0.6 is 0 Å². The summed E-state index contributed by atoms with van der Waals surface area (Å²) >= 11 is 0. The number of esters is 1. The quantitative estimate of drug-likeness (QED) is 0.0934. The molecule has 4 heteroatoms. The maximum Gasteiger partial charge on any atom is 0.314 e. The minimum absolute atomic E-state index is 0.0697. The Bertz CT molecular complexity index is 863. The number of rotatable bonds is 21. The van der Waals surface area contributed by atoms with Crippen LogP contribution in [-0.4, -0.2) is 44.3 Å². The molecular formula is C34H54NO3+. The van der Waals surface area contributed by atoms with Crippen LogP contribution in [0.3, 0.4) is 0 Å². The van der Waals surface area contributed by atoms with Crippen LogP contribution in [-0.2, 0) is 22.5 Å². The number of nitrogens with zero attached hydrogens (tertiary/aromatic N) is 1. The number of ether oxygens (including phenoxy) is 2. The Morgan fingerprint density at radius 1 is 0.737 bits per heavy atom. The standard InChI is InChI=1S/C34H54NO3/c1-5-7-8-9-10-11-12-14-19-30-22-24-33(25-23-30)37-26-17-18-27-38-34(36)32(6-2)29-35(3,4)28-31-20-15-13-16-21-31/h13,15-16,20-25,32H,5-12,14,17-19,26-29H2,1-4H3/q+1. The van der Waals surface area contributed by atoms with Crippen molar-refractivity contribution in [3.05, 3.63) is 65.7 Å². The third-order valence-electron chi connectivity index (χ3n) is 7.29. The summed E-state index contributed by atoms with van der Waals surface area (Å²) in [7, 11) is 4.37. The SMILES string of the molecule is CCCCCCCCCCc1ccc(OCCCCOC(=O)C(CC)C[N+](C)(C)Cc2ccccc2)cc1. The molecule has 0 aliphatic carbocycles. The summed E-state index contributed by atoms with van der Waals surface area (Å²) in [5.41, 5.74) is 2.69. The van der Waals surface area contributed by atoms with E-state index in [0.717, 1.165) is 49.0 Å². The Morgan fingerprint density at radius 3 is 2.03 bits per heavy atom. The maximum atomic E-state index is 12.7. The van der Waals surface area contributed by atoms with Gasteiger partial charge in [0.15, 0.2) is 0 Å². The summed E-state index contributed by atoms with van der Waals surface area (Å²) in [5, 5.41) is 0. The van der Waals surface area contributed by atoms with Crippen LogP contribution in [0.15, 0.2) is 54.6 Å². The van der Waals surface area contributed by atoms with E-state index in [1.54, 1.807) is 0 Å². The van der Waals surface area contributed by atoms with Gasteiger partial charge in [0.2, 0.25) is 0 Å². The van der Waals surface area contributed by atoms with Gasteiger partial charge in [-0.25, -0.2) is 0 Å². The second kappa shape index (κ2) is 18.8. The highest BCUT2D eigenvalue weighted by molar-refractivity contribution is 5.72. The van der Waals surface area contributed by atoms with E-state index < -0.39 is 0 Å². The molecule has 0 aliphatic heterocycles. The van der Waals surface area contributed by atoms with E-state index in [0.29, 0.717) is 13.2 Å². The molecule has 0 aliphatic rings. The molecule has 0 N–H and O–H groups in total.